The third kappa shape index (κ3) is 2.19. The van der Waals surface area contributed by atoms with Crippen molar-refractivity contribution in [2.75, 3.05) is 5.73 Å². The van der Waals surface area contributed by atoms with Crippen LogP contribution < -0.4 is 5.73 Å². The van der Waals surface area contributed by atoms with Gasteiger partial charge >= 0.3 is 0 Å². The van der Waals surface area contributed by atoms with Gasteiger partial charge in [0.15, 0.2) is 5.82 Å². The molecule has 0 saturated carbocycles. The minimum absolute atomic E-state index is 0.0951. The Morgan fingerprint density at radius 1 is 1.17 bits per heavy atom. The smallest absolute Gasteiger partial charge is 0.151 e. The van der Waals surface area contributed by atoms with E-state index in [4.69, 9.17) is 5.73 Å². The molecule has 3 heterocycles. The van der Waals surface area contributed by atoms with Gasteiger partial charge in [0.05, 0.1) is 17.6 Å². The second-order valence-electron chi connectivity index (χ2n) is 5.46. The number of nitrogen functional groups attached to an aromatic ring is 1. The molecule has 1 unspecified atom stereocenters. The fourth-order valence-electron chi connectivity index (χ4n) is 2.68. The molecular weight excluding hydrogens is 309 g/mol. The van der Waals surface area contributed by atoms with Gasteiger partial charge in [0.1, 0.15) is 23.3 Å². The maximum Gasteiger partial charge on any atom is 0.151 e. The Bertz CT molecular complexity index is 1020. The Hall–Kier alpha value is -3.29. The highest BCUT2D eigenvalue weighted by molar-refractivity contribution is 5.65. The third-order valence-corrected chi connectivity index (χ3v) is 4.01. The summed E-state index contributed by atoms with van der Waals surface area (Å²) in [6, 6.07) is 10.2. The van der Waals surface area contributed by atoms with Crippen molar-refractivity contribution >= 4 is 11.3 Å². The van der Waals surface area contributed by atoms with Gasteiger partial charge in [-0.3, -0.25) is 0 Å². The Labute approximate surface area is 136 Å². The summed E-state index contributed by atoms with van der Waals surface area (Å²) in [5.41, 5.74) is 8.56. The minimum atomic E-state index is -0.352. The number of para-hydroxylation sites is 1. The number of fused-ring (bicyclic) bond motifs is 1. The van der Waals surface area contributed by atoms with E-state index in [9.17, 15) is 4.39 Å². The lowest BCUT2D eigenvalue weighted by atomic mass is 10.1. The van der Waals surface area contributed by atoms with Gasteiger partial charge in [0.25, 0.3) is 0 Å². The summed E-state index contributed by atoms with van der Waals surface area (Å²) in [5, 5.41) is 12.5. The van der Waals surface area contributed by atoms with Crippen molar-refractivity contribution in [2.45, 2.75) is 12.8 Å². The zero-order valence-electron chi connectivity index (χ0n) is 12.8. The summed E-state index contributed by atoms with van der Waals surface area (Å²) in [6.07, 6.45) is 3.13. The van der Waals surface area contributed by atoms with Crippen LogP contribution in [0.15, 0.2) is 48.9 Å². The molecular formula is C16H14FN7. The van der Waals surface area contributed by atoms with Crippen LogP contribution in [0.1, 0.15) is 24.2 Å². The molecule has 0 aliphatic rings. The lowest BCUT2D eigenvalue weighted by Crippen LogP contribution is -2.05. The predicted octanol–water partition coefficient (Wildman–Crippen LogP) is 2.18. The number of hydrogen-bond acceptors (Lipinski definition) is 5. The number of hydrogen-bond donors (Lipinski definition) is 1. The molecule has 0 bridgehead atoms. The SMILES string of the molecule is CC(c1cn(-c2ccccc2F)nn1)c1ccc2c(N)ncnn12. The standard InChI is InChI=1S/C16H14FN7/c1-10(13-6-7-15-16(18)19-9-20-24(13)15)12-8-23(22-21-12)14-5-3-2-4-11(14)17/h2-10H,1H3,(H2,18,19,20). The van der Waals surface area contributed by atoms with Crippen LogP contribution in [-0.2, 0) is 0 Å². The molecule has 0 radical (unpaired) electrons. The van der Waals surface area contributed by atoms with E-state index in [1.54, 1.807) is 28.9 Å². The van der Waals surface area contributed by atoms with Gasteiger partial charge in [-0.05, 0) is 24.3 Å². The van der Waals surface area contributed by atoms with E-state index in [0.717, 1.165) is 11.2 Å². The quantitative estimate of drug-likeness (QED) is 0.624. The van der Waals surface area contributed by atoms with E-state index >= 15 is 0 Å². The van der Waals surface area contributed by atoms with Crippen molar-refractivity contribution in [2.24, 2.45) is 0 Å². The number of aromatic nitrogens is 6. The molecule has 4 aromatic rings. The van der Waals surface area contributed by atoms with Crippen LogP contribution in [0.4, 0.5) is 10.2 Å². The second kappa shape index (κ2) is 5.41. The molecule has 0 amide bonds. The molecule has 4 rings (SSSR count). The van der Waals surface area contributed by atoms with Crippen LogP contribution in [0.2, 0.25) is 0 Å². The molecule has 0 aliphatic carbocycles. The van der Waals surface area contributed by atoms with Crippen LogP contribution in [0.5, 0.6) is 0 Å². The lowest BCUT2D eigenvalue weighted by Gasteiger charge is -2.08. The zero-order valence-corrected chi connectivity index (χ0v) is 12.8. The third-order valence-electron chi connectivity index (χ3n) is 4.01. The van der Waals surface area contributed by atoms with E-state index in [-0.39, 0.29) is 11.7 Å². The van der Waals surface area contributed by atoms with Gasteiger partial charge < -0.3 is 5.73 Å². The molecule has 7 nitrogen and oxygen atoms in total. The largest absolute Gasteiger partial charge is 0.382 e. The average molecular weight is 323 g/mol. The van der Waals surface area contributed by atoms with Crippen molar-refractivity contribution in [1.82, 2.24) is 29.6 Å². The normalized spacial score (nSPS) is 12.6. The predicted molar refractivity (Wildman–Crippen MR) is 86.2 cm³/mol. The van der Waals surface area contributed by atoms with E-state index < -0.39 is 0 Å². The number of nitrogens with zero attached hydrogens (tertiary/aromatic N) is 6. The zero-order chi connectivity index (χ0) is 16.7. The highest BCUT2D eigenvalue weighted by Gasteiger charge is 2.18. The number of anilines is 1. The average Bonchev–Trinajstić information content (AvgIpc) is 3.22. The number of benzene rings is 1. The molecule has 0 aliphatic heterocycles. The van der Waals surface area contributed by atoms with Crippen molar-refractivity contribution in [1.29, 1.82) is 0 Å². The van der Waals surface area contributed by atoms with Crippen molar-refractivity contribution in [3.8, 4) is 5.69 Å². The van der Waals surface area contributed by atoms with Crippen LogP contribution >= 0.6 is 0 Å². The van der Waals surface area contributed by atoms with Crippen LogP contribution in [0, 0.1) is 5.82 Å². The molecule has 3 aromatic heterocycles. The van der Waals surface area contributed by atoms with Gasteiger partial charge in [-0.15, -0.1) is 5.10 Å². The number of halogens is 1. The molecule has 1 atom stereocenters. The summed E-state index contributed by atoms with van der Waals surface area (Å²) in [7, 11) is 0. The maximum absolute atomic E-state index is 13.9. The molecule has 0 spiro atoms. The summed E-state index contributed by atoms with van der Waals surface area (Å²) in [6.45, 7) is 1.98. The number of rotatable bonds is 3. The first-order valence-electron chi connectivity index (χ1n) is 7.40. The molecule has 2 N–H and O–H groups in total. The fourth-order valence-corrected chi connectivity index (χ4v) is 2.68. The summed E-state index contributed by atoms with van der Waals surface area (Å²) < 4.78 is 17.1. The van der Waals surface area contributed by atoms with Gasteiger partial charge in [-0.25, -0.2) is 18.6 Å². The Kier molecular flexibility index (Phi) is 3.23. The van der Waals surface area contributed by atoms with Crippen LogP contribution in [0.3, 0.4) is 0 Å². The van der Waals surface area contributed by atoms with Gasteiger partial charge in [0.2, 0.25) is 0 Å². The molecule has 1 aromatic carbocycles. The van der Waals surface area contributed by atoms with Crippen LogP contribution in [-0.4, -0.2) is 29.6 Å². The van der Waals surface area contributed by atoms with Crippen molar-refractivity contribution < 1.29 is 4.39 Å². The van der Waals surface area contributed by atoms with Crippen LogP contribution in [0.25, 0.3) is 11.2 Å². The summed E-state index contributed by atoms with van der Waals surface area (Å²) in [4.78, 5) is 3.98. The fraction of sp³-hybridized carbons (Fsp3) is 0.125. The first kappa shape index (κ1) is 14.3. The van der Waals surface area contributed by atoms with E-state index in [1.165, 1.54) is 17.1 Å². The lowest BCUT2D eigenvalue weighted by molar-refractivity contribution is 0.607. The monoisotopic (exact) mass is 323 g/mol. The van der Waals surface area contributed by atoms with E-state index in [1.807, 2.05) is 19.1 Å². The summed E-state index contributed by atoms with van der Waals surface area (Å²) >= 11 is 0. The van der Waals surface area contributed by atoms with Gasteiger partial charge in [-0.1, -0.05) is 24.3 Å². The van der Waals surface area contributed by atoms with Gasteiger partial charge in [0, 0.05) is 5.92 Å². The molecule has 0 fully saturated rings. The van der Waals surface area contributed by atoms with Gasteiger partial charge in [-0.2, -0.15) is 5.10 Å². The topological polar surface area (TPSA) is 86.9 Å². The van der Waals surface area contributed by atoms with E-state index in [0.29, 0.717) is 17.2 Å². The minimum Gasteiger partial charge on any atom is -0.382 e. The highest BCUT2D eigenvalue weighted by atomic mass is 19.1. The van der Waals surface area contributed by atoms with Crippen molar-refractivity contribution in [3.63, 3.8) is 0 Å². The maximum atomic E-state index is 13.9. The summed E-state index contributed by atoms with van der Waals surface area (Å²) in [5.74, 6) is -0.0314. The van der Waals surface area contributed by atoms with E-state index in [2.05, 4.69) is 20.4 Å². The first-order chi connectivity index (χ1) is 11.6. The Morgan fingerprint density at radius 3 is 2.83 bits per heavy atom. The molecule has 120 valence electrons. The Balaban J connectivity index is 1.74. The molecule has 24 heavy (non-hydrogen) atoms. The highest BCUT2D eigenvalue weighted by Crippen LogP contribution is 2.25. The Morgan fingerprint density at radius 2 is 2.00 bits per heavy atom. The first-order valence-corrected chi connectivity index (χ1v) is 7.40. The molecule has 0 saturated heterocycles. The molecule has 8 heteroatoms. The number of nitrogens with two attached hydrogens (primary N) is 1. The second-order valence-corrected chi connectivity index (χ2v) is 5.46. The van der Waals surface area contributed by atoms with Crippen molar-refractivity contribution in [3.05, 3.63) is 66.1 Å².